The molecule has 1 unspecified atom stereocenters. The Balaban J connectivity index is 1.64. The fourth-order valence-corrected chi connectivity index (χ4v) is 3.13. The summed E-state index contributed by atoms with van der Waals surface area (Å²) in [5.74, 6) is 1.84. The van der Waals surface area contributed by atoms with Gasteiger partial charge in [-0.2, -0.15) is 5.10 Å². The number of nitrogens with one attached hydrogen (secondary N) is 3. The van der Waals surface area contributed by atoms with Crippen LogP contribution in [0.4, 0.5) is 5.82 Å². The second-order valence-electron chi connectivity index (χ2n) is 6.46. The highest BCUT2D eigenvalue weighted by molar-refractivity contribution is 6.02. The Kier molecular flexibility index (Phi) is 6.22. The van der Waals surface area contributed by atoms with Crippen LogP contribution < -0.4 is 10.6 Å². The molecule has 3 rings (SSSR count). The molecule has 0 spiro atoms. The molecular weight excluding hydrogens is 348 g/mol. The molecule has 2 aromatic rings. The minimum Gasteiger partial charge on any atom is -0.366 e. The van der Waals surface area contributed by atoms with Gasteiger partial charge in [0, 0.05) is 23.9 Å². The Bertz CT molecular complexity index is 947. The quantitative estimate of drug-likeness (QED) is 0.501. The minimum absolute atomic E-state index is 0.112. The van der Waals surface area contributed by atoms with E-state index in [1.807, 2.05) is 48.0 Å². The van der Waals surface area contributed by atoms with Crippen LogP contribution in [0.5, 0.6) is 0 Å². The number of benzene rings is 1. The summed E-state index contributed by atoms with van der Waals surface area (Å²) in [5, 5.41) is 19.0. The molecule has 0 radical (unpaired) electrons. The lowest BCUT2D eigenvalue weighted by atomic mass is 10.0. The van der Waals surface area contributed by atoms with Crippen LogP contribution in [0.2, 0.25) is 0 Å². The molecular formula is C22H26N6. The van der Waals surface area contributed by atoms with E-state index in [0.717, 1.165) is 29.9 Å². The fourth-order valence-electron chi connectivity index (χ4n) is 3.13. The third kappa shape index (κ3) is 4.46. The Morgan fingerprint density at radius 1 is 1.39 bits per heavy atom. The van der Waals surface area contributed by atoms with Crippen LogP contribution in [0, 0.1) is 5.41 Å². The van der Waals surface area contributed by atoms with Gasteiger partial charge in [-0.15, -0.1) is 0 Å². The number of amidine groups is 1. The van der Waals surface area contributed by atoms with E-state index in [4.69, 9.17) is 5.41 Å². The van der Waals surface area contributed by atoms with Crippen LogP contribution in [0.3, 0.4) is 0 Å². The van der Waals surface area contributed by atoms with Crippen molar-refractivity contribution in [3.63, 3.8) is 0 Å². The van der Waals surface area contributed by atoms with E-state index in [2.05, 4.69) is 46.4 Å². The smallest absolute Gasteiger partial charge is 0.151 e. The first kappa shape index (κ1) is 19.4. The molecule has 6 nitrogen and oxygen atoms in total. The Hall–Kier alpha value is -3.41. The number of aromatic nitrogens is 2. The SMILES string of the molecule is C=C(Nc1ccnn1-c1ccccc1CC)NC1C=CC(C(=N)N=CC)=CC1. The van der Waals surface area contributed by atoms with Crippen LogP contribution in [0.15, 0.2) is 77.7 Å². The first-order chi connectivity index (χ1) is 13.6. The van der Waals surface area contributed by atoms with Crippen molar-refractivity contribution < 1.29 is 0 Å². The first-order valence-corrected chi connectivity index (χ1v) is 9.43. The Morgan fingerprint density at radius 3 is 2.93 bits per heavy atom. The van der Waals surface area contributed by atoms with Crippen LogP contribution in [0.25, 0.3) is 5.69 Å². The zero-order chi connectivity index (χ0) is 19.9. The molecule has 0 bridgehead atoms. The normalized spacial score (nSPS) is 16.1. The molecule has 3 N–H and O–H groups in total. The monoisotopic (exact) mass is 374 g/mol. The molecule has 6 heteroatoms. The van der Waals surface area contributed by atoms with Gasteiger partial charge in [0.2, 0.25) is 0 Å². The summed E-state index contributed by atoms with van der Waals surface area (Å²) >= 11 is 0. The summed E-state index contributed by atoms with van der Waals surface area (Å²) in [4.78, 5) is 4.02. The molecule has 1 aliphatic carbocycles. The zero-order valence-corrected chi connectivity index (χ0v) is 16.3. The maximum Gasteiger partial charge on any atom is 0.151 e. The van der Waals surface area contributed by atoms with Crippen molar-refractivity contribution in [2.24, 2.45) is 4.99 Å². The highest BCUT2D eigenvalue weighted by Gasteiger charge is 2.13. The lowest BCUT2D eigenvalue weighted by Gasteiger charge is -2.21. The average Bonchev–Trinajstić information content (AvgIpc) is 3.16. The van der Waals surface area contributed by atoms with Crippen molar-refractivity contribution in [1.82, 2.24) is 15.1 Å². The number of anilines is 1. The number of hydrogen-bond acceptors (Lipinski definition) is 4. The molecule has 1 aliphatic rings. The summed E-state index contributed by atoms with van der Waals surface area (Å²) in [7, 11) is 0. The molecule has 1 atom stereocenters. The number of aliphatic imine (C=N–C) groups is 1. The third-order valence-corrected chi connectivity index (χ3v) is 4.51. The summed E-state index contributed by atoms with van der Waals surface area (Å²) in [6.07, 6.45) is 11.1. The summed E-state index contributed by atoms with van der Waals surface area (Å²) in [6, 6.07) is 10.3. The van der Waals surface area contributed by atoms with Gasteiger partial charge in [-0.25, -0.2) is 9.67 Å². The van der Waals surface area contributed by atoms with E-state index < -0.39 is 0 Å². The predicted molar refractivity (Wildman–Crippen MR) is 116 cm³/mol. The van der Waals surface area contributed by atoms with Gasteiger partial charge in [-0.1, -0.05) is 49.9 Å². The standard InChI is InChI=1S/C22H26N6/c1-4-17-8-6-7-9-20(17)28-21(14-15-25-28)27-16(3)26-19-12-10-18(11-13-19)22(23)24-5-2/h5-12,14-15,19,23,26-27H,3-4,13H2,1-2H3. The molecule has 1 aromatic heterocycles. The molecule has 0 saturated heterocycles. The predicted octanol–water partition coefficient (Wildman–Crippen LogP) is 4.23. The van der Waals surface area contributed by atoms with E-state index in [1.165, 1.54) is 5.56 Å². The molecule has 144 valence electrons. The second-order valence-corrected chi connectivity index (χ2v) is 6.46. The largest absolute Gasteiger partial charge is 0.366 e. The van der Waals surface area contributed by atoms with E-state index >= 15 is 0 Å². The van der Waals surface area contributed by atoms with Gasteiger partial charge in [0.25, 0.3) is 0 Å². The van der Waals surface area contributed by atoms with Gasteiger partial charge in [0.1, 0.15) is 5.82 Å². The molecule has 1 aromatic carbocycles. The van der Waals surface area contributed by atoms with Gasteiger partial charge in [-0.3, -0.25) is 5.41 Å². The number of hydrogen-bond donors (Lipinski definition) is 3. The fraction of sp³-hybridized carbons (Fsp3) is 0.227. The first-order valence-electron chi connectivity index (χ1n) is 9.43. The molecule has 0 aliphatic heterocycles. The van der Waals surface area contributed by atoms with Gasteiger partial charge >= 0.3 is 0 Å². The minimum atomic E-state index is 0.112. The van der Waals surface area contributed by atoms with Crippen molar-refractivity contribution in [3.05, 3.63) is 78.3 Å². The van der Waals surface area contributed by atoms with Gasteiger partial charge in [0.15, 0.2) is 5.84 Å². The second kappa shape index (κ2) is 8.99. The summed E-state index contributed by atoms with van der Waals surface area (Å²) in [5.41, 5.74) is 3.13. The van der Waals surface area contributed by atoms with Gasteiger partial charge in [0.05, 0.1) is 17.7 Å². The molecule has 28 heavy (non-hydrogen) atoms. The average molecular weight is 374 g/mol. The lowest BCUT2D eigenvalue weighted by molar-refractivity contribution is 0.674. The Morgan fingerprint density at radius 2 is 2.21 bits per heavy atom. The van der Waals surface area contributed by atoms with E-state index in [0.29, 0.717) is 5.82 Å². The van der Waals surface area contributed by atoms with Gasteiger partial charge in [-0.05, 0) is 31.4 Å². The van der Waals surface area contributed by atoms with Gasteiger partial charge < -0.3 is 10.6 Å². The number of para-hydroxylation sites is 1. The van der Waals surface area contributed by atoms with Crippen molar-refractivity contribution in [2.45, 2.75) is 32.7 Å². The zero-order valence-electron chi connectivity index (χ0n) is 16.3. The van der Waals surface area contributed by atoms with Crippen LogP contribution in [-0.4, -0.2) is 27.9 Å². The molecule has 0 amide bonds. The van der Waals surface area contributed by atoms with E-state index in [9.17, 15) is 0 Å². The highest BCUT2D eigenvalue weighted by atomic mass is 15.3. The molecule has 1 heterocycles. The maximum absolute atomic E-state index is 7.88. The number of nitrogens with zero attached hydrogens (tertiary/aromatic N) is 3. The summed E-state index contributed by atoms with van der Waals surface area (Å²) < 4.78 is 1.89. The number of rotatable bonds is 7. The third-order valence-electron chi connectivity index (χ3n) is 4.51. The Labute approximate surface area is 165 Å². The van der Waals surface area contributed by atoms with Crippen LogP contribution >= 0.6 is 0 Å². The van der Waals surface area contributed by atoms with Crippen molar-refractivity contribution in [1.29, 1.82) is 5.41 Å². The summed E-state index contributed by atoms with van der Waals surface area (Å²) in [6.45, 7) is 8.05. The van der Waals surface area contributed by atoms with Crippen molar-refractivity contribution in [2.75, 3.05) is 5.32 Å². The van der Waals surface area contributed by atoms with E-state index in [-0.39, 0.29) is 11.9 Å². The van der Waals surface area contributed by atoms with Crippen molar-refractivity contribution in [3.8, 4) is 5.69 Å². The van der Waals surface area contributed by atoms with Crippen molar-refractivity contribution >= 4 is 17.9 Å². The topological polar surface area (TPSA) is 78.1 Å². The molecule has 0 fully saturated rings. The maximum atomic E-state index is 7.88. The highest BCUT2D eigenvalue weighted by Crippen LogP contribution is 2.20. The molecule has 0 saturated carbocycles. The van der Waals surface area contributed by atoms with E-state index in [1.54, 1.807) is 12.4 Å². The number of aryl methyl sites for hydroxylation is 1. The lowest BCUT2D eigenvalue weighted by Crippen LogP contribution is -2.30. The van der Waals surface area contributed by atoms with Crippen LogP contribution in [-0.2, 0) is 6.42 Å². The van der Waals surface area contributed by atoms with Crippen LogP contribution in [0.1, 0.15) is 25.8 Å².